The minimum absolute atomic E-state index is 0.193. The quantitative estimate of drug-likeness (QED) is 0.874. The van der Waals surface area contributed by atoms with Gasteiger partial charge in [-0.05, 0) is 62.9 Å². The van der Waals surface area contributed by atoms with Crippen LogP contribution < -0.4 is 10.6 Å². The smallest absolute Gasteiger partial charge is 0.223 e. The van der Waals surface area contributed by atoms with Gasteiger partial charge in [-0.3, -0.25) is 4.79 Å². The summed E-state index contributed by atoms with van der Waals surface area (Å²) in [5.74, 6) is 0.413. The fraction of sp³-hybridized carbons (Fsp3) is 0.500. The number of rotatable bonds is 5. The second-order valence-corrected chi connectivity index (χ2v) is 5.69. The first-order chi connectivity index (χ1) is 10.2. The van der Waals surface area contributed by atoms with Gasteiger partial charge in [0.1, 0.15) is 0 Å². The monoisotopic (exact) mass is 286 g/mol. The Morgan fingerprint density at radius 3 is 2.71 bits per heavy atom. The van der Waals surface area contributed by atoms with Crippen molar-refractivity contribution in [2.24, 2.45) is 5.92 Å². The fourth-order valence-electron chi connectivity index (χ4n) is 2.92. The van der Waals surface area contributed by atoms with Gasteiger partial charge in [-0.15, -0.1) is 0 Å². The molecule has 1 amide bonds. The van der Waals surface area contributed by atoms with Gasteiger partial charge in [0.25, 0.3) is 0 Å². The normalized spacial score (nSPS) is 16.8. The van der Waals surface area contributed by atoms with Crippen LogP contribution in [0, 0.1) is 12.8 Å². The number of amides is 1. The Balaban J connectivity index is 1.84. The van der Waals surface area contributed by atoms with Gasteiger partial charge in [-0.1, -0.05) is 30.3 Å². The fourth-order valence-corrected chi connectivity index (χ4v) is 2.92. The van der Waals surface area contributed by atoms with Crippen LogP contribution in [-0.2, 0) is 4.79 Å². The average molecular weight is 286 g/mol. The van der Waals surface area contributed by atoms with Crippen LogP contribution in [0.4, 0.5) is 0 Å². The van der Waals surface area contributed by atoms with Crippen molar-refractivity contribution in [1.82, 2.24) is 10.6 Å². The van der Waals surface area contributed by atoms with Crippen molar-refractivity contribution < 1.29 is 4.79 Å². The summed E-state index contributed by atoms with van der Waals surface area (Å²) < 4.78 is 0. The molecule has 0 unspecified atom stereocenters. The number of allylic oxidation sites excluding steroid dienone is 1. The van der Waals surface area contributed by atoms with Crippen molar-refractivity contribution in [2.75, 3.05) is 19.6 Å². The number of aryl methyl sites for hydroxylation is 1. The zero-order chi connectivity index (χ0) is 15.1. The van der Waals surface area contributed by atoms with Crippen molar-refractivity contribution in [2.45, 2.75) is 33.1 Å². The lowest BCUT2D eigenvalue weighted by Gasteiger charge is -2.22. The molecule has 3 heteroatoms. The summed E-state index contributed by atoms with van der Waals surface area (Å²) in [5, 5.41) is 6.39. The van der Waals surface area contributed by atoms with Gasteiger partial charge < -0.3 is 10.6 Å². The Labute approximate surface area is 127 Å². The molecule has 21 heavy (non-hydrogen) atoms. The highest BCUT2D eigenvalue weighted by atomic mass is 16.1. The molecule has 3 nitrogen and oxygen atoms in total. The predicted molar refractivity (Wildman–Crippen MR) is 88.1 cm³/mol. The first-order valence-electron chi connectivity index (χ1n) is 7.92. The standard InChI is InChI=1S/C18H26N2O/c1-3-15(17-7-5-4-6-14(17)2)10-13-20-18(21)16-8-11-19-12-9-16/h3-7,16,19H,8-13H2,1-2H3,(H,20,21)/b15-3-. The van der Waals surface area contributed by atoms with Crippen LogP contribution in [0.2, 0.25) is 0 Å². The average Bonchev–Trinajstić information content (AvgIpc) is 2.53. The van der Waals surface area contributed by atoms with Crippen molar-refractivity contribution in [3.63, 3.8) is 0 Å². The lowest BCUT2D eigenvalue weighted by Crippen LogP contribution is -2.38. The van der Waals surface area contributed by atoms with E-state index >= 15 is 0 Å². The molecule has 2 rings (SSSR count). The topological polar surface area (TPSA) is 41.1 Å². The number of benzene rings is 1. The lowest BCUT2D eigenvalue weighted by molar-refractivity contribution is -0.125. The maximum atomic E-state index is 12.1. The van der Waals surface area contributed by atoms with E-state index in [2.05, 4.69) is 54.8 Å². The third-order valence-electron chi connectivity index (χ3n) is 4.24. The molecule has 0 bridgehead atoms. The third kappa shape index (κ3) is 4.43. The summed E-state index contributed by atoms with van der Waals surface area (Å²) >= 11 is 0. The summed E-state index contributed by atoms with van der Waals surface area (Å²) in [6.45, 7) is 6.84. The third-order valence-corrected chi connectivity index (χ3v) is 4.24. The molecule has 1 aliphatic rings. The van der Waals surface area contributed by atoms with Crippen LogP contribution in [0.15, 0.2) is 30.3 Å². The number of carbonyl (C=O) groups is 1. The maximum absolute atomic E-state index is 12.1. The van der Waals surface area contributed by atoms with Gasteiger partial charge in [0.15, 0.2) is 0 Å². The van der Waals surface area contributed by atoms with Gasteiger partial charge in [0.2, 0.25) is 5.91 Å². The van der Waals surface area contributed by atoms with E-state index in [1.807, 2.05) is 0 Å². The number of hydrogen-bond donors (Lipinski definition) is 2. The summed E-state index contributed by atoms with van der Waals surface area (Å²) in [7, 11) is 0. The zero-order valence-corrected chi connectivity index (χ0v) is 13.1. The number of piperidine rings is 1. The molecule has 2 N–H and O–H groups in total. The second kappa shape index (κ2) is 7.99. The van der Waals surface area contributed by atoms with E-state index < -0.39 is 0 Å². The largest absolute Gasteiger partial charge is 0.356 e. The van der Waals surface area contributed by atoms with Gasteiger partial charge in [0, 0.05) is 12.5 Å². The molecule has 0 aromatic heterocycles. The number of hydrogen-bond acceptors (Lipinski definition) is 2. The molecule has 0 aliphatic carbocycles. The molecular formula is C18H26N2O. The lowest BCUT2D eigenvalue weighted by atomic mass is 9.96. The van der Waals surface area contributed by atoms with Gasteiger partial charge in [0.05, 0.1) is 0 Å². The van der Waals surface area contributed by atoms with E-state index in [0.29, 0.717) is 0 Å². The molecular weight excluding hydrogens is 260 g/mol. The molecule has 1 heterocycles. The van der Waals surface area contributed by atoms with Gasteiger partial charge in [-0.25, -0.2) is 0 Å². The van der Waals surface area contributed by atoms with Crippen LogP contribution in [0.1, 0.15) is 37.3 Å². The molecule has 0 radical (unpaired) electrons. The summed E-state index contributed by atoms with van der Waals surface area (Å²) in [4.78, 5) is 12.1. The second-order valence-electron chi connectivity index (χ2n) is 5.69. The number of carbonyl (C=O) groups excluding carboxylic acids is 1. The first kappa shape index (κ1) is 15.8. The van der Waals surface area contributed by atoms with E-state index in [-0.39, 0.29) is 11.8 Å². The van der Waals surface area contributed by atoms with Gasteiger partial charge in [-0.2, -0.15) is 0 Å². The Hall–Kier alpha value is -1.61. The minimum Gasteiger partial charge on any atom is -0.356 e. The predicted octanol–water partition coefficient (Wildman–Crippen LogP) is 2.90. The van der Waals surface area contributed by atoms with Crippen molar-refractivity contribution in [1.29, 1.82) is 0 Å². The number of nitrogens with one attached hydrogen (secondary N) is 2. The van der Waals surface area contributed by atoms with E-state index in [9.17, 15) is 4.79 Å². The van der Waals surface area contributed by atoms with Crippen LogP contribution in [-0.4, -0.2) is 25.5 Å². The molecule has 1 fully saturated rings. The highest BCUT2D eigenvalue weighted by Crippen LogP contribution is 2.21. The highest BCUT2D eigenvalue weighted by molar-refractivity contribution is 5.79. The van der Waals surface area contributed by atoms with Crippen LogP contribution in [0.5, 0.6) is 0 Å². The minimum atomic E-state index is 0.193. The molecule has 1 aromatic carbocycles. The van der Waals surface area contributed by atoms with Crippen LogP contribution >= 0.6 is 0 Å². The summed E-state index contributed by atoms with van der Waals surface area (Å²) in [6, 6.07) is 8.41. The van der Waals surface area contributed by atoms with Crippen molar-refractivity contribution >= 4 is 11.5 Å². The summed E-state index contributed by atoms with van der Waals surface area (Å²) in [6.07, 6.45) is 4.96. The van der Waals surface area contributed by atoms with Crippen molar-refractivity contribution in [3.05, 3.63) is 41.5 Å². The molecule has 0 atom stereocenters. The first-order valence-corrected chi connectivity index (χ1v) is 7.92. The molecule has 0 saturated carbocycles. The molecule has 114 valence electrons. The Kier molecular flexibility index (Phi) is 6.00. The van der Waals surface area contributed by atoms with E-state index in [1.54, 1.807) is 0 Å². The van der Waals surface area contributed by atoms with E-state index in [1.165, 1.54) is 16.7 Å². The zero-order valence-electron chi connectivity index (χ0n) is 13.1. The molecule has 0 spiro atoms. The molecule has 1 aliphatic heterocycles. The van der Waals surface area contributed by atoms with Crippen LogP contribution in [0.3, 0.4) is 0 Å². The SMILES string of the molecule is C/C=C(/CCNC(=O)C1CCNCC1)c1ccccc1C. The summed E-state index contributed by atoms with van der Waals surface area (Å²) in [5.41, 5.74) is 3.88. The highest BCUT2D eigenvalue weighted by Gasteiger charge is 2.20. The van der Waals surface area contributed by atoms with Crippen molar-refractivity contribution in [3.8, 4) is 0 Å². The van der Waals surface area contributed by atoms with E-state index in [4.69, 9.17) is 0 Å². The molecule has 1 saturated heterocycles. The van der Waals surface area contributed by atoms with E-state index in [0.717, 1.165) is 38.9 Å². The van der Waals surface area contributed by atoms with Gasteiger partial charge >= 0.3 is 0 Å². The maximum Gasteiger partial charge on any atom is 0.223 e. The Bertz CT molecular complexity index is 502. The molecule has 1 aromatic rings. The van der Waals surface area contributed by atoms with Crippen LogP contribution in [0.25, 0.3) is 5.57 Å². The Morgan fingerprint density at radius 1 is 1.33 bits per heavy atom. The Morgan fingerprint density at radius 2 is 2.05 bits per heavy atom.